The molecular weight excluding hydrogens is 490 g/mol. The maximum Gasteiger partial charge on any atom is 0.343 e. The summed E-state index contributed by atoms with van der Waals surface area (Å²) in [5, 5.41) is 20.9. The van der Waals surface area contributed by atoms with Gasteiger partial charge in [-0.2, -0.15) is 5.26 Å². The highest BCUT2D eigenvalue weighted by atomic mass is 16.6. The molecule has 1 aliphatic rings. The fourth-order valence-electron chi connectivity index (χ4n) is 4.06. The molecular formula is C28H25N3O7. The molecule has 10 heteroatoms. The van der Waals surface area contributed by atoms with E-state index in [1.54, 1.807) is 18.2 Å². The molecule has 3 aromatic carbocycles. The highest BCUT2D eigenvalue weighted by Gasteiger charge is 2.32. The number of hydrogen-bond donors (Lipinski definition) is 1. The van der Waals surface area contributed by atoms with Crippen LogP contribution in [0.25, 0.3) is 0 Å². The molecule has 1 unspecified atom stereocenters. The largest absolute Gasteiger partial charge is 0.490 e. The molecule has 0 fully saturated rings. The number of esters is 1. The van der Waals surface area contributed by atoms with E-state index in [2.05, 4.69) is 6.07 Å². The average Bonchev–Trinajstić information content (AvgIpc) is 2.91. The number of nitrogens with zero attached hydrogens (tertiary/aromatic N) is 2. The molecule has 0 aromatic heterocycles. The van der Waals surface area contributed by atoms with Crippen LogP contribution in [-0.2, 0) is 0 Å². The molecule has 194 valence electrons. The standard InChI is InChI=1S/C28H25N3O7/c1-3-12-36-23-11-8-17(14-25(23)35-4-2)26-21-10-9-20(15-24(21)38-27(30)22(26)16-29)37-28(32)18-6-5-7-19(13-18)31(33)34/h5-11,13-15,26H,3-4,12,30H2,1-2H3. The van der Waals surface area contributed by atoms with Crippen molar-refractivity contribution in [2.24, 2.45) is 5.73 Å². The first kappa shape index (κ1) is 26.0. The molecule has 2 N–H and O–H groups in total. The molecule has 0 amide bonds. The maximum absolute atomic E-state index is 12.6. The Hall–Kier alpha value is -5.04. The summed E-state index contributed by atoms with van der Waals surface area (Å²) >= 11 is 0. The molecule has 0 bridgehead atoms. The fourth-order valence-corrected chi connectivity index (χ4v) is 4.06. The summed E-state index contributed by atoms with van der Waals surface area (Å²) in [6.07, 6.45) is 0.840. The van der Waals surface area contributed by atoms with Gasteiger partial charge in [0.1, 0.15) is 23.1 Å². The number of ether oxygens (including phenoxy) is 4. The Balaban J connectivity index is 1.68. The number of carbonyl (C=O) groups excluding carboxylic acids is 1. The van der Waals surface area contributed by atoms with E-state index in [-0.39, 0.29) is 28.5 Å². The van der Waals surface area contributed by atoms with Crippen LogP contribution in [0.15, 0.2) is 72.1 Å². The van der Waals surface area contributed by atoms with Crippen LogP contribution in [-0.4, -0.2) is 24.1 Å². The molecule has 0 radical (unpaired) electrons. The van der Waals surface area contributed by atoms with Gasteiger partial charge in [-0.25, -0.2) is 4.79 Å². The Bertz CT molecular complexity index is 1460. The summed E-state index contributed by atoms with van der Waals surface area (Å²) in [6.45, 7) is 4.84. The number of fused-ring (bicyclic) bond motifs is 1. The monoisotopic (exact) mass is 515 g/mol. The highest BCUT2D eigenvalue weighted by molar-refractivity contribution is 5.91. The summed E-state index contributed by atoms with van der Waals surface area (Å²) in [5.41, 5.74) is 7.52. The lowest BCUT2D eigenvalue weighted by molar-refractivity contribution is -0.384. The molecule has 1 aliphatic heterocycles. The lowest BCUT2D eigenvalue weighted by atomic mass is 9.83. The second-order valence-electron chi connectivity index (χ2n) is 8.31. The Labute approximate surface area is 219 Å². The third-order valence-corrected chi connectivity index (χ3v) is 5.76. The second kappa shape index (κ2) is 11.3. The Morgan fingerprint density at radius 2 is 1.92 bits per heavy atom. The normalized spacial score (nSPS) is 14.1. The van der Waals surface area contributed by atoms with Gasteiger partial charge in [-0.1, -0.05) is 25.1 Å². The molecule has 0 aliphatic carbocycles. The van der Waals surface area contributed by atoms with Crippen molar-refractivity contribution in [2.75, 3.05) is 13.2 Å². The predicted molar refractivity (Wildman–Crippen MR) is 137 cm³/mol. The highest BCUT2D eigenvalue weighted by Crippen LogP contribution is 2.45. The number of nitro groups is 1. The first-order valence-electron chi connectivity index (χ1n) is 11.9. The van der Waals surface area contributed by atoms with Crippen molar-refractivity contribution in [3.63, 3.8) is 0 Å². The lowest BCUT2D eigenvalue weighted by Crippen LogP contribution is -2.21. The number of non-ortho nitro benzene ring substituents is 1. The fraction of sp³-hybridized carbons (Fsp3) is 0.214. The first-order valence-corrected chi connectivity index (χ1v) is 11.9. The first-order chi connectivity index (χ1) is 18.4. The van der Waals surface area contributed by atoms with E-state index in [1.165, 1.54) is 24.3 Å². The third kappa shape index (κ3) is 5.37. The van der Waals surface area contributed by atoms with Crippen molar-refractivity contribution in [1.29, 1.82) is 5.26 Å². The predicted octanol–water partition coefficient (Wildman–Crippen LogP) is 5.22. The zero-order chi connectivity index (χ0) is 27.2. The van der Waals surface area contributed by atoms with E-state index >= 15 is 0 Å². The zero-order valence-corrected chi connectivity index (χ0v) is 20.8. The summed E-state index contributed by atoms with van der Waals surface area (Å²) in [6, 6.07) is 17.6. The van der Waals surface area contributed by atoms with Crippen molar-refractivity contribution < 1.29 is 28.7 Å². The quantitative estimate of drug-likeness (QED) is 0.175. The van der Waals surface area contributed by atoms with Crippen LogP contribution in [0.4, 0.5) is 5.69 Å². The number of hydrogen-bond acceptors (Lipinski definition) is 9. The average molecular weight is 516 g/mol. The topological polar surface area (TPSA) is 147 Å². The summed E-state index contributed by atoms with van der Waals surface area (Å²) < 4.78 is 22.7. The van der Waals surface area contributed by atoms with Crippen LogP contribution in [0, 0.1) is 21.4 Å². The lowest BCUT2D eigenvalue weighted by Gasteiger charge is -2.27. The molecule has 0 saturated heterocycles. The molecule has 38 heavy (non-hydrogen) atoms. The van der Waals surface area contributed by atoms with E-state index < -0.39 is 16.8 Å². The molecule has 1 atom stereocenters. The van der Waals surface area contributed by atoms with Crippen LogP contribution < -0.4 is 24.7 Å². The van der Waals surface area contributed by atoms with Crippen LogP contribution in [0.1, 0.15) is 47.7 Å². The number of benzene rings is 3. The van der Waals surface area contributed by atoms with E-state index in [0.29, 0.717) is 36.0 Å². The molecule has 1 heterocycles. The van der Waals surface area contributed by atoms with Gasteiger partial charge >= 0.3 is 5.97 Å². The molecule has 0 spiro atoms. The number of nitro benzene ring substituents is 1. The summed E-state index contributed by atoms with van der Waals surface area (Å²) in [4.78, 5) is 23.1. The van der Waals surface area contributed by atoms with E-state index in [1.807, 2.05) is 26.0 Å². The van der Waals surface area contributed by atoms with Gasteiger partial charge in [-0.15, -0.1) is 0 Å². The van der Waals surface area contributed by atoms with Crippen molar-refractivity contribution in [3.05, 3.63) is 98.9 Å². The SMILES string of the molecule is CCCOc1ccc(C2C(C#N)=C(N)Oc3cc(OC(=O)c4cccc([N+](=O)[O-])c4)ccc32)cc1OCC. The minimum Gasteiger partial charge on any atom is -0.490 e. The number of rotatable bonds is 9. The van der Waals surface area contributed by atoms with Crippen molar-refractivity contribution in [3.8, 4) is 29.1 Å². The minimum atomic E-state index is -0.772. The van der Waals surface area contributed by atoms with Gasteiger partial charge in [0.25, 0.3) is 5.69 Å². The molecule has 0 saturated carbocycles. The van der Waals surface area contributed by atoms with Crippen molar-refractivity contribution >= 4 is 11.7 Å². The van der Waals surface area contributed by atoms with Crippen LogP contribution in [0.5, 0.6) is 23.0 Å². The van der Waals surface area contributed by atoms with E-state index in [4.69, 9.17) is 24.7 Å². The summed E-state index contributed by atoms with van der Waals surface area (Å²) in [5.74, 6) is 0.187. The van der Waals surface area contributed by atoms with Gasteiger partial charge in [0.05, 0.1) is 29.6 Å². The van der Waals surface area contributed by atoms with Crippen molar-refractivity contribution in [1.82, 2.24) is 0 Å². The van der Waals surface area contributed by atoms with Crippen LogP contribution >= 0.6 is 0 Å². The van der Waals surface area contributed by atoms with Gasteiger partial charge in [-0.05, 0) is 43.2 Å². The number of nitriles is 1. The van der Waals surface area contributed by atoms with Gasteiger partial charge in [0, 0.05) is 23.8 Å². The van der Waals surface area contributed by atoms with Crippen LogP contribution in [0.2, 0.25) is 0 Å². The van der Waals surface area contributed by atoms with E-state index in [9.17, 15) is 20.2 Å². The number of nitrogens with two attached hydrogens (primary N) is 1. The molecule has 4 rings (SSSR count). The van der Waals surface area contributed by atoms with Crippen molar-refractivity contribution in [2.45, 2.75) is 26.2 Å². The van der Waals surface area contributed by atoms with E-state index in [0.717, 1.165) is 18.1 Å². The van der Waals surface area contributed by atoms with Crippen LogP contribution in [0.3, 0.4) is 0 Å². The zero-order valence-electron chi connectivity index (χ0n) is 20.8. The Morgan fingerprint density at radius 3 is 2.63 bits per heavy atom. The second-order valence-corrected chi connectivity index (χ2v) is 8.31. The van der Waals surface area contributed by atoms with Gasteiger partial charge in [-0.3, -0.25) is 10.1 Å². The maximum atomic E-state index is 12.6. The smallest absolute Gasteiger partial charge is 0.343 e. The summed E-state index contributed by atoms with van der Waals surface area (Å²) in [7, 11) is 0. The van der Waals surface area contributed by atoms with Gasteiger partial charge in [0.2, 0.25) is 5.88 Å². The Morgan fingerprint density at radius 1 is 1.11 bits per heavy atom. The van der Waals surface area contributed by atoms with Gasteiger partial charge < -0.3 is 24.7 Å². The molecule has 3 aromatic rings. The molecule has 10 nitrogen and oxygen atoms in total. The Kier molecular flexibility index (Phi) is 7.77. The number of carbonyl (C=O) groups is 1. The number of allylic oxidation sites excluding steroid dienone is 1. The minimum absolute atomic E-state index is 0.0238. The van der Waals surface area contributed by atoms with Gasteiger partial charge in [0.15, 0.2) is 11.5 Å². The third-order valence-electron chi connectivity index (χ3n) is 5.76.